The lowest BCUT2D eigenvalue weighted by molar-refractivity contribution is 0.111. The fraction of sp³-hybridized carbons (Fsp3) is 0.286. The van der Waals surface area contributed by atoms with E-state index in [1.165, 1.54) is 6.42 Å². The molecule has 0 atom stereocenters. The molecule has 1 fully saturated rings. The molecule has 0 unspecified atom stereocenters. The molecule has 0 bridgehead atoms. The van der Waals surface area contributed by atoms with Gasteiger partial charge in [-0.2, -0.15) is 0 Å². The molecule has 29 heavy (non-hydrogen) atoms. The van der Waals surface area contributed by atoms with Gasteiger partial charge in [-0.1, -0.05) is 16.8 Å². The highest BCUT2D eigenvalue weighted by atomic mass is 35.5. The number of hydrogen-bond donors (Lipinski definition) is 1. The molecule has 2 aromatic heterocycles. The first-order valence-electron chi connectivity index (χ1n) is 9.57. The Morgan fingerprint density at radius 1 is 1.14 bits per heavy atom. The fourth-order valence-corrected chi connectivity index (χ4v) is 3.41. The van der Waals surface area contributed by atoms with Crippen molar-refractivity contribution in [2.45, 2.75) is 25.9 Å². The molecule has 0 radical (unpaired) electrons. The second-order valence-corrected chi connectivity index (χ2v) is 7.23. The Balaban J connectivity index is 1.42. The molecule has 1 aromatic carbocycles. The van der Waals surface area contributed by atoms with Crippen LogP contribution in [0.15, 0.2) is 58.4 Å². The van der Waals surface area contributed by atoms with Crippen molar-refractivity contribution in [2.75, 3.05) is 18.0 Å². The van der Waals surface area contributed by atoms with Crippen LogP contribution < -0.4 is 10.6 Å². The number of benzene rings is 1. The zero-order chi connectivity index (χ0) is 20.1. The Kier molecular flexibility index (Phi) is 5.95. The molecule has 0 saturated carbocycles. The molecule has 1 saturated heterocycles. The molecule has 2 N–H and O–H groups in total. The van der Waals surface area contributed by atoms with Gasteiger partial charge in [0.25, 0.3) is 0 Å². The van der Waals surface area contributed by atoms with E-state index in [0.29, 0.717) is 16.7 Å². The van der Waals surface area contributed by atoms with Crippen LogP contribution in [0.25, 0.3) is 11.3 Å². The fourth-order valence-electron chi connectivity index (χ4n) is 3.29. The van der Waals surface area contributed by atoms with Gasteiger partial charge in [0.1, 0.15) is 5.82 Å². The molecule has 7 nitrogen and oxygen atoms in total. The minimum atomic E-state index is 0.0770. The smallest absolute Gasteiger partial charge is 0.235 e. The van der Waals surface area contributed by atoms with Crippen molar-refractivity contribution in [3.8, 4) is 11.3 Å². The van der Waals surface area contributed by atoms with Crippen molar-refractivity contribution in [2.24, 2.45) is 10.9 Å². The van der Waals surface area contributed by atoms with E-state index in [1.54, 1.807) is 24.5 Å². The second kappa shape index (κ2) is 8.96. The average Bonchev–Trinajstić information content (AvgIpc) is 3.24. The number of oxime groups is 1. The number of nitrogens with two attached hydrogens (primary N) is 1. The Bertz CT molecular complexity index is 981. The van der Waals surface area contributed by atoms with Crippen LogP contribution in [-0.4, -0.2) is 28.9 Å². The van der Waals surface area contributed by atoms with Crippen molar-refractivity contribution in [3.63, 3.8) is 0 Å². The van der Waals surface area contributed by atoms with Gasteiger partial charge in [0.15, 0.2) is 18.2 Å². The standard InChI is InChI=1S/C21H22ClN5O2/c22-16-8-6-15(7-9-16)18-13-25-19(29-18)14-28-26-20(23)17-5-4-10-24-21(17)27-11-2-1-3-12-27/h4-10,13H,1-3,11-12,14H2,(H2,23,26). The third kappa shape index (κ3) is 4.68. The molecule has 4 rings (SSSR count). The van der Waals surface area contributed by atoms with Crippen LogP contribution in [-0.2, 0) is 11.4 Å². The van der Waals surface area contributed by atoms with E-state index in [9.17, 15) is 0 Å². The summed E-state index contributed by atoms with van der Waals surface area (Å²) in [5.74, 6) is 2.17. The Labute approximate surface area is 174 Å². The van der Waals surface area contributed by atoms with Gasteiger partial charge in [0.2, 0.25) is 5.89 Å². The summed E-state index contributed by atoms with van der Waals surface area (Å²) in [7, 11) is 0. The predicted octanol–water partition coefficient (Wildman–Crippen LogP) is 4.22. The number of oxazole rings is 1. The topological polar surface area (TPSA) is 89.8 Å². The molecule has 0 spiro atoms. The van der Waals surface area contributed by atoms with Gasteiger partial charge in [-0.3, -0.25) is 0 Å². The Morgan fingerprint density at radius 3 is 2.72 bits per heavy atom. The number of aromatic nitrogens is 2. The third-order valence-corrected chi connectivity index (χ3v) is 5.00. The Hall–Kier alpha value is -3.06. The van der Waals surface area contributed by atoms with Crippen LogP contribution in [0.1, 0.15) is 30.7 Å². The van der Waals surface area contributed by atoms with Crippen LogP contribution in [0.2, 0.25) is 5.02 Å². The average molecular weight is 412 g/mol. The van der Waals surface area contributed by atoms with Crippen molar-refractivity contribution < 1.29 is 9.25 Å². The van der Waals surface area contributed by atoms with E-state index in [1.807, 2.05) is 24.3 Å². The van der Waals surface area contributed by atoms with Gasteiger partial charge in [-0.15, -0.1) is 0 Å². The maximum atomic E-state index is 6.17. The molecular formula is C21H22ClN5O2. The summed E-state index contributed by atoms with van der Waals surface area (Å²) >= 11 is 5.91. The minimum absolute atomic E-state index is 0.0770. The number of hydrogen-bond acceptors (Lipinski definition) is 6. The molecule has 0 aliphatic carbocycles. The van der Waals surface area contributed by atoms with E-state index in [0.717, 1.165) is 42.9 Å². The van der Waals surface area contributed by atoms with Gasteiger partial charge in [0, 0.05) is 29.9 Å². The summed E-state index contributed by atoms with van der Waals surface area (Å²) in [6, 6.07) is 11.1. The molecule has 1 aliphatic heterocycles. The lowest BCUT2D eigenvalue weighted by Gasteiger charge is -2.29. The van der Waals surface area contributed by atoms with Gasteiger partial charge in [-0.25, -0.2) is 9.97 Å². The van der Waals surface area contributed by atoms with E-state index in [4.69, 9.17) is 26.6 Å². The molecule has 3 heterocycles. The second-order valence-electron chi connectivity index (χ2n) is 6.80. The molecule has 1 aliphatic rings. The Morgan fingerprint density at radius 2 is 1.93 bits per heavy atom. The van der Waals surface area contributed by atoms with Crippen molar-refractivity contribution in [3.05, 3.63) is 65.3 Å². The van der Waals surface area contributed by atoms with E-state index < -0.39 is 0 Å². The first-order chi connectivity index (χ1) is 14.2. The first kappa shape index (κ1) is 19.3. The van der Waals surface area contributed by atoms with Gasteiger partial charge >= 0.3 is 0 Å². The monoisotopic (exact) mass is 411 g/mol. The highest BCUT2D eigenvalue weighted by molar-refractivity contribution is 6.30. The van der Waals surface area contributed by atoms with Crippen LogP contribution in [0.5, 0.6) is 0 Å². The van der Waals surface area contributed by atoms with Gasteiger partial charge < -0.3 is 19.9 Å². The largest absolute Gasteiger partial charge is 0.437 e. The number of rotatable bonds is 6. The molecule has 8 heteroatoms. The lowest BCUT2D eigenvalue weighted by atomic mass is 10.1. The maximum absolute atomic E-state index is 6.17. The highest BCUT2D eigenvalue weighted by Gasteiger charge is 2.17. The van der Waals surface area contributed by atoms with E-state index in [2.05, 4.69) is 20.0 Å². The first-order valence-corrected chi connectivity index (χ1v) is 9.95. The maximum Gasteiger partial charge on any atom is 0.235 e. The highest BCUT2D eigenvalue weighted by Crippen LogP contribution is 2.23. The van der Waals surface area contributed by atoms with E-state index >= 15 is 0 Å². The van der Waals surface area contributed by atoms with Crippen LogP contribution in [0, 0.1) is 0 Å². The van der Waals surface area contributed by atoms with Gasteiger partial charge in [0.05, 0.1) is 11.8 Å². The summed E-state index contributed by atoms with van der Waals surface area (Å²) in [6.07, 6.45) is 6.98. The molecule has 0 amide bonds. The summed E-state index contributed by atoms with van der Waals surface area (Å²) in [5, 5.41) is 4.72. The predicted molar refractivity (Wildman–Crippen MR) is 113 cm³/mol. The summed E-state index contributed by atoms with van der Waals surface area (Å²) < 4.78 is 5.71. The summed E-state index contributed by atoms with van der Waals surface area (Å²) in [5.41, 5.74) is 7.83. The zero-order valence-electron chi connectivity index (χ0n) is 15.9. The lowest BCUT2D eigenvalue weighted by Crippen LogP contribution is -2.32. The molecule has 150 valence electrons. The SMILES string of the molecule is N/C(=N\OCc1ncc(-c2ccc(Cl)cc2)o1)c1cccnc1N1CCCCC1. The van der Waals surface area contributed by atoms with Crippen molar-refractivity contribution >= 4 is 23.3 Å². The minimum Gasteiger partial charge on any atom is -0.437 e. The number of pyridine rings is 1. The van der Waals surface area contributed by atoms with Crippen LogP contribution in [0.3, 0.4) is 0 Å². The number of piperidine rings is 1. The number of nitrogens with zero attached hydrogens (tertiary/aromatic N) is 4. The number of anilines is 1. The number of halogens is 1. The third-order valence-electron chi connectivity index (χ3n) is 4.75. The van der Waals surface area contributed by atoms with Crippen molar-refractivity contribution in [1.82, 2.24) is 9.97 Å². The van der Waals surface area contributed by atoms with Crippen molar-refractivity contribution in [1.29, 1.82) is 0 Å². The normalized spacial score (nSPS) is 14.8. The zero-order valence-corrected chi connectivity index (χ0v) is 16.7. The van der Waals surface area contributed by atoms with Crippen LogP contribution in [0.4, 0.5) is 5.82 Å². The number of amidine groups is 1. The van der Waals surface area contributed by atoms with E-state index in [-0.39, 0.29) is 12.4 Å². The van der Waals surface area contributed by atoms with Crippen LogP contribution >= 0.6 is 11.6 Å². The molecule has 3 aromatic rings. The van der Waals surface area contributed by atoms with Gasteiger partial charge in [-0.05, 0) is 55.7 Å². The quantitative estimate of drug-likeness (QED) is 0.371. The molecular weight excluding hydrogens is 390 g/mol. The summed E-state index contributed by atoms with van der Waals surface area (Å²) in [6.45, 7) is 2.03. The summed E-state index contributed by atoms with van der Waals surface area (Å²) in [4.78, 5) is 16.4.